The van der Waals surface area contributed by atoms with E-state index in [0.29, 0.717) is 19.6 Å². The van der Waals surface area contributed by atoms with E-state index < -0.39 is 5.41 Å². The molecule has 2 aliphatic rings. The molecule has 2 heterocycles. The topological polar surface area (TPSA) is 15.3 Å². The Bertz CT molecular complexity index is 756. The van der Waals surface area contributed by atoms with Gasteiger partial charge in [-0.1, -0.05) is 24.3 Å². The van der Waals surface area contributed by atoms with Crippen LogP contribution < -0.4 is 5.32 Å². The monoisotopic (exact) mass is 358 g/mol. The number of halogens is 3. The number of rotatable bonds is 3. The van der Waals surface area contributed by atoms with E-state index in [1.54, 1.807) is 30.3 Å². The third-order valence-corrected chi connectivity index (χ3v) is 5.52. The summed E-state index contributed by atoms with van der Waals surface area (Å²) in [5.74, 6) is -0.638. The van der Waals surface area contributed by atoms with Gasteiger partial charge >= 0.3 is 0 Å². The second-order valence-corrected chi connectivity index (χ2v) is 7.19. The molecule has 1 saturated heterocycles. The number of nitrogens with zero attached hydrogens (tertiary/aromatic N) is 1. The second kappa shape index (κ2) is 6.89. The predicted molar refractivity (Wildman–Crippen MR) is 95.3 cm³/mol. The standard InChI is InChI=1S/C21H21F3N2/c22-17-5-1-15(2-6-17)20(16-3-7-18(23)8-4-16)26-12-10-21(14-26)13-25-11-9-19(21)24/h1-9,20,25H,10-14H2. The van der Waals surface area contributed by atoms with Gasteiger partial charge in [-0.2, -0.15) is 0 Å². The Morgan fingerprint density at radius 2 is 1.46 bits per heavy atom. The Hall–Kier alpha value is -2.11. The van der Waals surface area contributed by atoms with Gasteiger partial charge in [0.15, 0.2) is 0 Å². The summed E-state index contributed by atoms with van der Waals surface area (Å²) < 4.78 is 41.4. The van der Waals surface area contributed by atoms with Crippen molar-refractivity contribution in [2.45, 2.75) is 12.5 Å². The first-order chi connectivity index (χ1) is 12.6. The van der Waals surface area contributed by atoms with Gasteiger partial charge in [0.05, 0.1) is 6.04 Å². The van der Waals surface area contributed by atoms with Crippen LogP contribution >= 0.6 is 0 Å². The van der Waals surface area contributed by atoms with Crippen LogP contribution in [0.4, 0.5) is 13.2 Å². The fourth-order valence-electron chi connectivity index (χ4n) is 4.14. The summed E-state index contributed by atoms with van der Waals surface area (Å²) in [6, 6.07) is 12.6. The fraction of sp³-hybridized carbons (Fsp3) is 0.333. The first kappa shape index (κ1) is 17.3. The molecule has 0 aliphatic carbocycles. The van der Waals surface area contributed by atoms with Crippen molar-refractivity contribution in [1.82, 2.24) is 10.2 Å². The highest BCUT2D eigenvalue weighted by Crippen LogP contribution is 2.43. The number of benzene rings is 2. The predicted octanol–water partition coefficient (Wildman–Crippen LogP) is 4.20. The van der Waals surface area contributed by atoms with E-state index in [4.69, 9.17) is 0 Å². The lowest BCUT2D eigenvalue weighted by Gasteiger charge is -2.34. The highest BCUT2D eigenvalue weighted by Gasteiger charge is 2.45. The van der Waals surface area contributed by atoms with Crippen molar-refractivity contribution in [2.24, 2.45) is 5.41 Å². The van der Waals surface area contributed by atoms with Gasteiger partial charge in [0.1, 0.15) is 17.5 Å². The molecule has 1 N–H and O–H groups in total. The third kappa shape index (κ3) is 3.17. The Balaban J connectivity index is 1.69. The van der Waals surface area contributed by atoms with Gasteiger partial charge in [0.25, 0.3) is 0 Å². The van der Waals surface area contributed by atoms with Crippen LogP contribution in [-0.4, -0.2) is 31.1 Å². The molecular formula is C21H21F3N2. The molecule has 0 saturated carbocycles. The van der Waals surface area contributed by atoms with Crippen molar-refractivity contribution in [1.29, 1.82) is 0 Å². The van der Waals surface area contributed by atoms with Crippen LogP contribution in [-0.2, 0) is 0 Å². The van der Waals surface area contributed by atoms with Crippen LogP contribution in [0.5, 0.6) is 0 Å². The molecule has 2 aromatic rings. The van der Waals surface area contributed by atoms with E-state index in [2.05, 4.69) is 10.2 Å². The largest absolute Gasteiger partial charge is 0.312 e. The molecule has 0 bridgehead atoms. The molecule has 0 aromatic heterocycles. The van der Waals surface area contributed by atoms with Gasteiger partial charge in [-0.3, -0.25) is 4.90 Å². The molecule has 1 fully saturated rings. The van der Waals surface area contributed by atoms with E-state index in [9.17, 15) is 13.2 Å². The van der Waals surface area contributed by atoms with E-state index in [1.807, 2.05) is 0 Å². The summed E-state index contributed by atoms with van der Waals surface area (Å²) in [7, 11) is 0. The zero-order valence-electron chi connectivity index (χ0n) is 14.4. The van der Waals surface area contributed by atoms with Crippen LogP contribution in [0.3, 0.4) is 0 Å². The molecule has 2 aliphatic heterocycles. The molecule has 5 heteroatoms. The second-order valence-electron chi connectivity index (χ2n) is 7.19. The smallest absolute Gasteiger partial charge is 0.123 e. The van der Waals surface area contributed by atoms with Gasteiger partial charge in [-0.25, -0.2) is 13.2 Å². The fourth-order valence-corrected chi connectivity index (χ4v) is 4.14. The summed E-state index contributed by atoms with van der Waals surface area (Å²) in [6.07, 6.45) is 2.35. The summed E-state index contributed by atoms with van der Waals surface area (Å²) >= 11 is 0. The highest BCUT2D eigenvalue weighted by atomic mass is 19.1. The van der Waals surface area contributed by atoms with E-state index in [1.165, 1.54) is 24.3 Å². The summed E-state index contributed by atoms with van der Waals surface area (Å²) in [5.41, 5.74) is 1.34. The Morgan fingerprint density at radius 3 is 2.00 bits per heavy atom. The Morgan fingerprint density at radius 1 is 0.885 bits per heavy atom. The van der Waals surface area contributed by atoms with Crippen molar-refractivity contribution in [3.63, 3.8) is 0 Å². The molecule has 4 rings (SSSR count). The number of likely N-dealkylation sites (tertiary alicyclic amines) is 1. The zero-order chi connectivity index (χ0) is 18.1. The highest BCUT2D eigenvalue weighted by molar-refractivity contribution is 5.33. The van der Waals surface area contributed by atoms with Crippen LogP contribution in [0.2, 0.25) is 0 Å². The molecule has 1 unspecified atom stereocenters. The van der Waals surface area contributed by atoms with E-state index >= 15 is 0 Å². The first-order valence-electron chi connectivity index (χ1n) is 8.89. The van der Waals surface area contributed by atoms with Crippen LogP contribution in [0.25, 0.3) is 0 Å². The molecule has 136 valence electrons. The van der Waals surface area contributed by atoms with Gasteiger partial charge in [-0.05, 0) is 47.9 Å². The van der Waals surface area contributed by atoms with Crippen LogP contribution in [0.1, 0.15) is 23.6 Å². The van der Waals surface area contributed by atoms with Crippen LogP contribution in [0, 0.1) is 17.0 Å². The molecule has 2 nitrogen and oxygen atoms in total. The van der Waals surface area contributed by atoms with Gasteiger partial charge < -0.3 is 5.32 Å². The van der Waals surface area contributed by atoms with E-state index in [-0.39, 0.29) is 23.5 Å². The maximum atomic E-state index is 14.6. The summed E-state index contributed by atoms with van der Waals surface area (Å²) in [6.45, 7) is 2.47. The SMILES string of the molecule is FC1=CCNCC12CCN(C(c1ccc(F)cc1)c1ccc(F)cc1)C2. The van der Waals surface area contributed by atoms with Crippen LogP contribution in [0.15, 0.2) is 60.4 Å². The van der Waals surface area contributed by atoms with E-state index in [0.717, 1.165) is 24.1 Å². The minimum atomic E-state index is -0.503. The van der Waals surface area contributed by atoms with Gasteiger partial charge in [-0.15, -0.1) is 0 Å². The molecule has 0 amide bonds. The first-order valence-corrected chi connectivity index (χ1v) is 8.89. The van der Waals surface area contributed by atoms with Crippen molar-refractivity contribution >= 4 is 0 Å². The molecule has 26 heavy (non-hydrogen) atoms. The third-order valence-electron chi connectivity index (χ3n) is 5.52. The molecule has 2 aromatic carbocycles. The van der Waals surface area contributed by atoms with Crippen molar-refractivity contribution in [2.75, 3.05) is 26.2 Å². The minimum Gasteiger partial charge on any atom is -0.312 e. The average molecular weight is 358 g/mol. The lowest BCUT2D eigenvalue weighted by Crippen LogP contribution is -2.41. The maximum absolute atomic E-state index is 14.6. The Labute approximate surface area is 151 Å². The molecule has 0 radical (unpaired) electrons. The minimum absolute atomic E-state index is 0.0456. The normalized spacial score (nSPS) is 23.6. The van der Waals surface area contributed by atoms with Crippen molar-refractivity contribution in [3.8, 4) is 0 Å². The summed E-state index contributed by atoms with van der Waals surface area (Å²) in [4.78, 5) is 2.21. The summed E-state index contributed by atoms with van der Waals surface area (Å²) in [5, 5.41) is 3.26. The van der Waals surface area contributed by atoms with Crippen molar-refractivity contribution < 1.29 is 13.2 Å². The maximum Gasteiger partial charge on any atom is 0.123 e. The Kier molecular flexibility index (Phi) is 4.59. The van der Waals surface area contributed by atoms with Crippen molar-refractivity contribution in [3.05, 3.63) is 83.2 Å². The quantitative estimate of drug-likeness (QED) is 0.885. The number of hydrogen-bond donors (Lipinski definition) is 1. The molecule has 1 atom stereocenters. The van der Waals surface area contributed by atoms with Gasteiger partial charge in [0, 0.05) is 31.6 Å². The number of nitrogens with one attached hydrogen (secondary N) is 1. The average Bonchev–Trinajstić information content (AvgIpc) is 3.06. The molecule has 1 spiro atoms. The van der Waals surface area contributed by atoms with Gasteiger partial charge in [0.2, 0.25) is 0 Å². The molecular weight excluding hydrogens is 337 g/mol. The zero-order valence-corrected chi connectivity index (χ0v) is 14.4. The lowest BCUT2D eigenvalue weighted by atomic mass is 9.83. The number of hydrogen-bond acceptors (Lipinski definition) is 2. The lowest BCUT2D eigenvalue weighted by molar-refractivity contribution is 0.216.